The lowest BCUT2D eigenvalue weighted by Gasteiger charge is -2.34. The standard InChI is InChI=1S/C18H19Cl2N3O3S/c1-12-6-7-14(13(2)21-12)18(24)22-8-10-23(11-9-22)27(25,26)16-5-3-4-15(19)17(16)20/h3-7H,8-11H2,1-2H3. The second kappa shape index (κ2) is 7.75. The van der Waals surface area contributed by atoms with Crippen molar-refractivity contribution in [3.63, 3.8) is 0 Å². The summed E-state index contributed by atoms with van der Waals surface area (Å²) >= 11 is 12.0. The van der Waals surface area contributed by atoms with Gasteiger partial charge in [-0.3, -0.25) is 9.78 Å². The van der Waals surface area contributed by atoms with Crippen molar-refractivity contribution in [2.24, 2.45) is 0 Å². The zero-order valence-corrected chi connectivity index (χ0v) is 17.3. The molecule has 3 rings (SSSR count). The maximum absolute atomic E-state index is 12.9. The number of sulfonamides is 1. The predicted octanol–water partition coefficient (Wildman–Crippen LogP) is 3.15. The van der Waals surface area contributed by atoms with Gasteiger partial charge in [0.1, 0.15) is 4.90 Å². The van der Waals surface area contributed by atoms with Gasteiger partial charge in [-0.15, -0.1) is 0 Å². The van der Waals surface area contributed by atoms with Gasteiger partial charge in [0.25, 0.3) is 5.91 Å². The number of hydrogen-bond donors (Lipinski definition) is 0. The molecule has 0 saturated carbocycles. The summed E-state index contributed by atoms with van der Waals surface area (Å²) in [6.45, 7) is 4.63. The van der Waals surface area contributed by atoms with E-state index >= 15 is 0 Å². The number of halogens is 2. The van der Waals surface area contributed by atoms with Crippen molar-refractivity contribution < 1.29 is 13.2 Å². The highest BCUT2D eigenvalue weighted by atomic mass is 35.5. The van der Waals surface area contributed by atoms with Crippen LogP contribution in [0.25, 0.3) is 0 Å². The maximum Gasteiger partial charge on any atom is 0.255 e. The molecular formula is C18H19Cl2N3O3S. The summed E-state index contributed by atoms with van der Waals surface area (Å²) in [6.07, 6.45) is 0. The number of amides is 1. The predicted molar refractivity (Wildman–Crippen MR) is 105 cm³/mol. The van der Waals surface area contributed by atoms with Crippen LogP contribution in [0.3, 0.4) is 0 Å². The number of piperazine rings is 1. The highest BCUT2D eigenvalue weighted by Crippen LogP contribution is 2.31. The van der Waals surface area contributed by atoms with Gasteiger partial charge in [-0.1, -0.05) is 29.3 Å². The van der Waals surface area contributed by atoms with E-state index < -0.39 is 10.0 Å². The third-order valence-corrected chi connectivity index (χ3v) is 7.39. The lowest BCUT2D eigenvalue weighted by Crippen LogP contribution is -2.50. The first-order chi connectivity index (χ1) is 12.7. The molecule has 2 heterocycles. The van der Waals surface area contributed by atoms with Crippen LogP contribution in [0.4, 0.5) is 0 Å². The molecule has 144 valence electrons. The molecule has 1 fully saturated rings. The lowest BCUT2D eigenvalue weighted by molar-refractivity contribution is 0.0696. The summed E-state index contributed by atoms with van der Waals surface area (Å²) < 4.78 is 27.1. The fourth-order valence-corrected chi connectivity index (χ4v) is 5.20. The number of aryl methyl sites for hydroxylation is 2. The molecule has 6 nitrogen and oxygen atoms in total. The zero-order chi connectivity index (χ0) is 19.8. The first kappa shape index (κ1) is 20.1. The Hall–Kier alpha value is -1.67. The smallest absolute Gasteiger partial charge is 0.255 e. The van der Waals surface area contributed by atoms with Crippen molar-refractivity contribution in [1.82, 2.24) is 14.2 Å². The number of carbonyl (C=O) groups excluding carboxylic acids is 1. The normalized spacial score (nSPS) is 15.8. The Bertz CT molecular complexity index is 987. The number of hydrogen-bond acceptors (Lipinski definition) is 4. The van der Waals surface area contributed by atoms with E-state index in [4.69, 9.17) is 23.2 Å². The monoisotopic (exact) mass is 427 g/mol. The van der Waals surface area contributed by atoms with Crippen molar-refractivity contribution in [2.75, 3.05) is 26.2 Å². The molecule has 9 heteroatoms. The van der Waals surface area contributed by atoms with Gasteiger partial charge >= 0.3 is 0 Å². The van der Waals surface area contributed by atoms with Gasteiger partial charge in [-0.05, 0) is 38.1 Å². The van der Waals surface area contributed by atoms with Gasteiger partial charge < -0.3 is 4.90 Å². The van der Waals surface area contributed by atoms with E-state index in [9.17, 15) is 13.2 Å². The van der Waals surface area contributed by atoms with Crippen molar-refractivity contribution >= 4 is 39.1 Å². The van der Waals surface area contributed by atoms with Crippen LogP contribution in [0.15, 0.2) is 35.2 Å². The molecule has 0 bridgehead atoms. The number of benzene rings is 1. The molecule has 0 spiro atoms. The van der Waals surface area contributed by atoms with E-state index in [1.165, 1.54) is 16.4 Å². The van der Waals surface area contributed by atoms with Crippen LogP contribution >= 0.6 is 23.2 Å². The molecule has 1 saturated heterocycles. The largest absolute Gasteiger partial charge is 0.336 e. The van der Waals surface area contributed by atoms with Gasteiger partial charge in [-0.2, -0.15) is 4.31 Å². The molecule has 2 aromatic rings. The Morgan fingerprint density at radius 2 is 1.70 bits per heavy atom. The van der Waals surface area contributed by atoms with E-state index in [-0.39, 0.29) is 33.9 Å². The van der Waals surface area contributed by atoms with E-state index in [0.717, 1.165) is 5.69 Å². The Balaban J connectivity index is 1.75. The van der Waals surface area contributed by atoms with Gasteiger partial charge in [-0.25, -0.2) is 8.42 Å². The second-order valence-electron chi connectivity index (χ2n) is 6.33. The zero-order valence-electron chi connectivity index (χ0n) is 14.9. The average molecular weight is 428 g/mol. The molecule has 1 aromatic carbocycles. The molecule has 0 N–H and O–H groups in total. The highest BCUT2D eigenvalue weighted by Gasteiger charge is 2.32. The molecule has 1 aliphatic heterocycles. The van der Waals surface area contributed by atoms with Crippen LogP contribution in [0.2, 0.25) is 10.0 Å². The van der Waals surface area contributed by atoms with Crippen LogP contribution in [0.1, 0.15) is 21.7 Å². The Kier molecular flexibility index (Phi) is 5.76. The van der Waals surface area contributed by atoms with E-state index in [2.05, 4.69) is 4.98 Å². The van der Waals surface area contributed by atoms with Gasteiger partial charge in [0.05, 0.1) is 21.3 Å². The molecule has 0 aliphatic carbocycles. The molecular weight excluding hydrogens is 409 g/mol. The van der Waals surface area contributed by atoms with Crippen LogP contribution in [-0.4, -0.2) is 54.7 Å². The summed E-state index contributed by atoms with van der Waals surface area (Å²) in [7, 11) is -3.78. The van der Waals surface area contributed by atoms with Crippen molar-refractivity contribution in [2.45, 2.75) is 18.7 Å². The number of pyridine rings is 1. The third-order valence-electron chi connectivity index (χ3n) is 4.52. The quantitative estimate of drug-likeness (QED) is 0.753. The lowest BCUT2D eigenvalue weighted by atomic mass is 10.1. The van der Waals surface area contributed by atoms with Gasteiger partial charge in [0.15, 0.2) is 0 Å². The third kappa shape index (κ3) is 3.96. The molecule has 27 heavy (non-hydrogen) atoms. The number of rotatable bonds is 3. The van der Waals surface area contributed by atoms with Crippen LogP contribution in [0.5, 0.6) is 0 Å². The van der Waals surface area contributed by atoms with E-state index in [0.29, 0.717) is 24.3 Å². The Morgan fingerprint density at radius 1 is 1.04 bits per heavy atom. The van der Waals surface area contributed by atoms with Crippen molar-refractivity contribution in [3.05, 3.63) is 57.3 Å². The number of aromatic nitrogens is 1. The summed E-state index contributed by atoms with van der Waals surface area (Å²) in [5, 5.41) is 0.202. The summed E-state index contributed by atoms with van der Waals surface area (Å²) in [6, 6.07) is 8.07. The van der Waals surface area contributed by atoms with Crippen LogP contribution in [-0.2, 0) is 10.0 Å². The summed E-state index contributed by atoms with van der Waals surface area (Å²) in [4.78, 5) is 18.7. The van der Waals surface area contributed by atoms with Crippen molar-refractivity contribution in [1.29, 1.82) is 0 Å². The van der Waals surface area contributed by atoms with Crippen molar-refractivity contribution in [3.8, 4) is 0 Å². The topological polar surface area (TPSA) is 70.6 Å². The molecule has 1 aromatic heterocycles. The van der Waals surface area contributed by atoms with E-state index in [1.54, 1.807) is 30.0 Å². The molecule has 0 atom stereocenters. The molecule has 0 unspecified atom stereocenters. The summed E-state index contributed by atoms with van der Waals surface area (Å²) in [5.41, 5.74) is 2.05. The molecule has 1 amide bonds. The minimum Gasteiger partial charge on any atom is -0.336 e. The fraction of sp³-hybridized carbons (Fsp3) is 0.333. The van der Waals surface area contributed by atoms with Gasteiger partial charge in [0.2, 0.25) is 10.0 Å². The Morgan fingerprint density at radius 3 is 2.33 bits per heavy atom. The Labute approximate surface area is 168 Å². The minimum absolute atomic E-state index is 0.0130. The first-order valence-corrected chi connectivity index (χ1v) is 10.6. The fourth-order valence-electron chi connectivity index (χ4n) is 3.04. The number of carbonyl (C=O) groups is 1. The van der Waals surface area contributed by atoms with Crippen LogP contribution in [0, 0.1) is 13.8 Å². The first-order valence-electron chi connectivity index (χ1n) is 8.39. The second-order valence-corrected chi connectivity index (χ2v) is 9.03. The molecule has 1 aliphatic rings. The average Bonchev–Trinajstić information content (AvgIpc) is 2.63. The number of nitrogens with zero attached hydrogens (tertiary/aromatic N) is 3. The van der Waals surface area contributed by atoms with Gasteiger partial charge in [0, 0.05) is 31.9 Å². The maximum atomic E-state index is 12.9. The molecule has 0 radical (unpaired) electrons. The SMILES string of the molecule is Cc1ccc(C(=O)N2CCN(S(=O)(=O)c3cccc(Cl)c3Cl)CC2)c(C)n1. The summed E-state index contributed by atoms with van der Waals surface area (Å²) in [5.74, 6) is -0.141. The minimum atomic E-state index is -3.78. The van der Waals surface area contributed by atoms with Crippen LogP contribution < -0.4 is 0 Å². The highest BCUT2D eigenvalue weighted by molar-refractivity contribution is 7.89. The van der Waals surface area contributed by atoms with E-state index in [1.807, 2.05) is 6.92 Å².